The highest BCUT2D eigenvalue weighted by Crippen LogP contribution is 2.32. The predicted octanol–water partition coefficient (Wildman–Crippen LogP) is 4.40. The number of rotatable bonds is 4. The van der Waals surface area contributed by atoms with E-state index in [0.717, 1.165) is 36.0 Å². The summed E-state index contributed by atoms with van der Waals surface area (Å²) < 4.78 is 2.44. The van der Waals surface area contributed by atoms with Crippen molar-refractivity contribution < 1.29 is 0 Å². The molecule has 0 bridgehead atoms. The Morgan fingerprint density at radius 1 is 1.14 bits per heavy atom. The Labute approximate surface area is 127 Å². The number of aryl methyl sites for hydroxylation is 1. The Bertz CT molecular complexity index is 606. The van der Waals surface area contributed by atoms with Crippen LogP contribution in [0.3, 0.4) is 0 Å². The van der Waals surface area contributed by atoms with Gasteiger partial charge in [0.2, 0.25) is 0 Å². The molecular weight excluding hydrogens is 258 g/mol. The molecule has 0 unspecified atom stereocenters. The van der Waals surface area contributed by atoms with Crippen LogP contribution in [0.4, 0.5) is 5.69 Å². The number of nitrogens with two attached hydrogens (primary N) is 1. The van der Waals surface area contributed by atoms with Crippen molar-refractivity contribution in [3.05, 3.63) is 24.0 Å². The average Bonchev–Trinajstić information content (AvgIpc) is 2.85. The number of anilines is 1. The molecule has 0 aliphatic heterocycles. The van der Waals surface area contributed by atoms with E-state index in [1.54, 1.807) is 0 Å². The highest BCUT2D eigenvalue weighted by molar-refractivity contribution is 5.79. The van der Waals surface area contributed by atoms with Crippen molar-refractivity contribution in [1.82, 2.24) is 9.55 Å². The van der Waals surface area contributed by atoms with Crippen LogP contribution < -0.4 is 5.73 Å². The van der Waals surface area contributed by atoms with Crippen LogP contribution in [0.15, 0.2) is 18.2 Å². The number of imidazole rings is 1. The van der Waals surface area contributed by atoms with E-state index in [0.29, 0.717) is 0 Å². The second-order valence-electron chi connectivity index (χ2n) is 6.54. The van der Waals surface area contributed by atoms with Gasteiger partial charge in [0.1, 0.15) is 5.82 Å². The number of benzene rings is 1. The minimum absolute atomic E-state index is 0.804. The molecule has 0 amide bonds. The van der Waals surface area contributed by atoms with Gasteiger partial charge in [-0.3, -0.25) is 0 Å². The molecule has 1 aliphatic rings. The summed E-state index contributed by atoms with van der Waals surface area (Å²) in [5.41, 5.74) is 8.99. The van der Waals surface area contributed by atoms with Gasteiger partial charge in [0.05, 0.1) is 11.0 Å². The standard InChI is InChI=1S/C18H27N3/c1-3-13-5-7-14(8-6-13)12-21-17-10-9-15(19)11-16(17)20-18(21)4-2/h9-11,13-14H,3-8,12,19H2,1-2H3. The molecule has 1 heterocycles. The van der Waals surface area contributed by atoms with Gasteiger partial charge < -0.3 is 10.3 Å². The first kappa shape index (κ1) is 14.4. The summed E-state index contributed by atoms with van der Waals surface area (Å²) in [5.74, 6) is 2.98. The molecule has 1 fully saturated rings. The van der Waals surface area contributed by atoms with Crippen LogP contribution in [0.25, 0.3) is 11.0 Å². The molecule has 0 spiro atoms. The molecule has 1 aliphatic carbocycles. The SMILES string of the molecule is CCc1nc2cc(N)ccc2n1CC1CCC(CC)CC1. The van der Waals surface area contributed by atoms with Crippen molar-refractivity contribution in [3.63, 3.8) is 0 Å². The minimum Gasteiger partial charge on any atom is -0.399 e. The summed E-state index contributed by atoms with van der Waals surface area (Å²) >= 11 is 0. The van der Waals surface area contributed by atoms with Crippen molar-refractivity contribution in [2.45, 2.75) is 58.9 Å². The molecule has 3 rings (SSSR count). The molecule has 0 saturated heterocycles. The molecule has 114 valence electrons. The zero-order valence-electron chi connectivity index (χ0n) is 13.3. The van der Waals surface area contributed by atoms with E-state index in [1.807, 2.05) is 12.1 Å². The maximum Gasteiger partial charge on any atom is 0.109 e. The smallest absolute Gasteiger partial charge is 0.109 e. The van der Waals surface area contributed by atoms with Crippen molar-refractivity contribution >= 4 is 16.7 Å². The third-order valence-electron chi connectivity index (χ3n) is 5.15. The molecule has 3 heteroatoms. The van der Waals surface area contributed by atoms with E-state index in [2.05, 4.69) is 24.5 Å². The first-order valence-corrected chi connectivity index (χ1v) is 8.45. The molecule has 21 heavy (non-hydrogen) atoms. The zero-order chi connectivity index (χ0) is 14.8. The lowest BCUT2D eigenvalue weighted by molar-refractivity contribution is 0.248. The van der Waals surface area contributed by atoms with Crippen LogP contribution in [0.1, 0.15) is 51.8 Å². The van der Waals surface area contributed by atoms with E-state index < -0.39 is 0 Å². The Balaban J connectivity index is 1.83. The van der Waals surface area contributed by atoms with Crippen LogP contribution in [0, 0.1) is 11.8 Å². The second kappa shape index (κ2) is 6.08. The largest absolute Gasteiger partial charge is 0.399 e. The van der Waals surface area contributed by atoms with Gasteiger partial charge in [-0.25, -0.2) is 4.98 Å². The van der Waals surface area contributed by atoms with Crippen molar-refractivity contribution in [2.24, 2.45) is 11.8 Å². The first-order chi connectivity index (χ1) is 10.2. The molecule has 1 saturated carbocycles. The molecule has 1 aromatic heterocycles. The lowest BCUT2D eigenvalue weighted by atomic mass is 9.81. The van der Waals surface area contributed by atoms with Crippen molar-refractivity contribution in [3.8, 4) is 0 Å². The van der Waals surface area contributed by atoms with Crippen LogP contribution in [0.2, 0.25) is 0 Å². The van der Waals surface area contributed by atoms with E-state index in [9.17, 15) is 0 Å². The lowest BCUT2D eigenvalue weighted by Crippen LogP contribution is -2.19. The fraction of sp³-hybridized carbons (Fsp3) is 0.611. The fourth-order valence-corrected chi connectivity index (χ4v) is 3.75. The van der Waals surface area contributed by atoms with Gasteiger partial charge in [0.15, 0.2) is 0 Å². The van der Waals surface area contributed by atoms with Crippen LogP contribution in [-0.2, 0) is 13.0 Å². The number of nitrogens with zero attached hydrogens (tertiary/aromatic N) is 2. The number of nitrogen functional groups attached to an aromatic ring is 1. The van der Waals surface area contributed by atoms with Gasteiger partial charge in [-0.05, 0) is 42.9 Å². The normalized spacial score (nSPS) is 22.8. The zero-order valence-corrected chi connectivity index (χ0v) is 13.3. The monoisotopic (exact) mass is 285 g/mol. The van der Waals surface area contributed by atoms with E-state index in [-0.39, 0.29) is 0 Å². The molecule has 2 aromatic rings. The first-order valence-electron chi connectivity index (χ1n) is 8.45. The summed E-state index contributed by atoms with van der Waals surface area (Å²) in [6.07, 6.45) is 7.89. The fourth-order valence-electron chi connectivity index (χ4n) is 3.75. The highest BCUT2D eigenvalue weighted by atomic mass is 15.1. The highest BCUT2D eigenvalue weighted by Gasteiger charge is 2.22. The van der Waals surface area contributed by atoms with Crippen LogP contribution in [0.5, 0.6) is 0 Å². The summed E-state index contributed by atoms with van der Waals surface area (Å²) in [6, 6.07) is 6.13. The molecule has 3 nitrogen and oxygen atoms in total. The molecule has 1 aromatic carbocycles. The van der Waals surface area contributed by atoms with Gasteiger partial charge in [0.25, 0.3) is 0 Å². The third kappa shape index (κ3) is 2.92. The summed E-state index contributed by atoms with van der Waals surface area (Å²) in [5, 5.41) is 0. The summed E-state index contributed by atoms with van der Waals surface area (Å²) in [4.78, 5) is 4.77. The van der Waals surface area contributed by atoms with Crippen LogP contribution in [-0.4, -0.2) is 9.55 Å². The lowest BCUT2D eigenvalue weighted by Gasteiger charge is -2.28. The van der Waals surface area contributed by atoms with Gasteiger partial charge in [0, 0.05) is 18.7 Å². The second-order valence-corrected chi connectivity index (χ2v) is 6.54. The minimum atomic E-state index is 0.804. The Hall–Kier alpha value is -1.51. The summed E-state index contributed by atoms with van der Waals surface area (Å²) in [6.45, 7) is 5.64. The Morgan fingerprint density at radius 2 is 1.86 bits per heavy atom. The van der Waals surface area contributed by atoms with Gasteiger partial charge in [-0.15, -0.1) is 0 Å². The van der Waals surface area contributed by atoms with E-state index in [4.69, 9.17) is 10.7 Å². The van der Waals surface area contributed by atoms with Crippen molar-refractivity contribution in [1.29, 1.82) is 0 Å². The van der Waals surface area contributed by atoms with Gasteiger partial charge in [-0.1, -0.05) is 33.1 Å². The van der Waals surface area contributed by atoms with Gasteiger partial charge >= 0.3 is 0 Å². The quantitative estimate of drug-likeness (QED) is 0.846. The predicted molar refractivity (Wildman–Crippen MR) is 89.3 cm³/mol. The summed E-state index contributed by atoms with van der Waals surface area (Å²) in [7, 11) is 0. The maximum absolute atomic E-state index is 5.89. The number of hydrogen-bond acceptors (Lipinski definition) is 2. The maximum atomic E-state index is 5.89. The molecule has 0 atom stereocenters. The Morgan fingerprint density at radius 3 is 2.52 bits per heavy atom. The van der Waals surface area contributed by atoms with E-state index in [1.165, 1.54) is 43.4 Å². The molecular formula is C18H27N3. The topological polar surface area (TPSA) is 43.8 Å². The third-order valence-corrected chi connectivity index (χ3v) is 5.15. The Kier molecular flexibility index (Phi) is 4.18. The van der Waals surface area contributed by atoms with E-state index >= 15 is 0 Å². The number of fused-ring (bicyclic) bond motifs is 1. The molecule has 0 radical (unpaired) electrons. The number of hydrogen-bond donors (Lipinski definition) is 1. The average molecular weight is 285 g/mol. The van der Waals surface area contributed by atoms with Crippen LogP contribution >= 0.6 is 0 Å². The molecule has 2 N–H and O–H groups in total. The van der Waals surface area contributed by atoms with Crippen molar-refractivity contribution in [2.75, 3.05) is 5.73 Å². The number of aromatic nitrogens is 2. The van der Waals surface area contributed by atoms with Gasteiger partial charge in [-0.2, -0.15) is 0 Å².